The van der Waals surface area contributed by atoms with Gasteiger partial charge in [0.1, 0.15) is 11.0 Å². The van der Waals surface area contributed by atoms with E-state index < -0.39 is 14.7 Å². The first kappa shape index (κ1) is 18.0. The van der Waals surface area contributed by atoms with E-state index in [4.69, 9.17) is 4.74 Å². The molecule has 0 aliphatic rings. The number of allylic oxidation sites excluding steroid dienone is 1. The highest BCUT2D eigenvalue weighted by molar-refractivity contribution is 9.10. The van der Waals surface area contributed by atoms with Gasteiger partial charge in [0.25, 0.3) is 0 Å². The van der Waals surface area contributed by atoms with Crippen molar-refractivity contribution in [2.75, 3.05) is 6.61 Å². The van der Waals surface area contributed by atoms with Crippen LogP contribution in [0.25, 0.3) is 6.08 Å². The molecule has 0 fully saturated rings. The van der Waals surface area contributed by atoms with Gasteiger partial charge in [0, 0.05) is 0 Å². The zero-order valence-electron chi connectivity index (χ0n) is 12.7. The van der Waals surface area contributed by atoms with Gasteiger partial charge in [-0.3, -0.25) is 0 Å². The lowest BCUT2D eigenvalue weighted by atomic mass is 10.2. The predicted octanol–water partition coefficient (Wildman–Crippen LogP) is 3.89. The van der Waals surface area contributed by atoms with Gasteiger partial charge in [0.05, 0.1) is 16.0 Å². The van der Waals surface area contributed by atoms with Gasteiger partial charge in [-0.25, -0.2) is 8.42 Å². The van der Waals surface area contributed by atoms with Crippen molar-refractivity contribution in [2.24, 2.45) is 0 Å². The fourth-order valence-corrected chi connectivity index (χ4v) is 3.63. The van der Waals surface area contributed by atoms with Crippen molar-refractivity contribution < 1.29 is 18.3 Å². The first-order chi connectivity index (χ1) is 11.4. The van der Waals surface area contributed by atoms with Gasteiger partial charge in [-0.1, -0.05) is 18.2 Å². The molecule has 0 radical (unpaired) electrons. The summed E-state index contributed by atoms with van der Waals surface area (Å²) in [6, 6.07) is 12.4. The van der Waals surface area contributed by atoms with Crippen molar-refractivity contribution in [2.45, 2.75) is 11.8 Å². The second-order valence-corrected chi connectivity index (χ2v) is 7.49. The van der Waals surface area contributed by atoms with E-state index in [2.05, 4.69) is 15.9 Å². The molecule has 0 aromatic heterocycles. The van der Waals surface area contributed by atoms with Crippen molar-refractivity contribution >= 4 is 31.8 Å². The van der Waals surface area contributed by atoms with Crippen LogP contribution in [0.3, 0.4) is 0 Å². The number of hydrogen-bond donors (Lipinski definition) is 1. The summed E-state index contributed by atoms with van der Waals surface area (Å²) in [5, 5.41) is 19.2. The highest BCUT2D eigenvalue weighted by Crippen LogP contribution is 2.36. The molecule has 5 nitrogen and oxygen atoms in total. The van der Waals surface area contributed by atoms with E-state index in [1.54, 1.807) is 31.2 Å². The lowest BCUT2D eigenvalue weighted by molar-refractivity contribution is 0.317. The third-order valence-corrected chi connectivity index (χ3v) is 5.39. The Bertz CT molecular complexity index is 916. The van der Waals surface area contributed by atoms with Crippen LogP contribution < -0.4 is 4.74 Å². The van der Waals surface area contributed by atoms with E-state index in [1.165, 1.54) is 30.3 Å². The molecular weight excluding hydrogens is 394 g/mol. The number of aromatic hydroxyl groups is 1. The molecule has 0 aliphatic carbocycles. The minimum Gasteiger partial charge on any atom is -0.503 e. The third-order valence-electron chi connectivity index (χ3n) is 3.10. The van der Waals surface area contributed by atoms with Crippen molar-refractivity contribution in [3.05, 3.63) is 57.4 Å². The molecule has 7 heteroatoms. The lowest BCUT2D eigenvalue weighted by Crippen LogP contribution is -2.03. The van der Waals surface area contributed by atoms with Crippen molar-refractivity contribution in [1.29, 1.82) is 5.26 Å². The number of halogens is 1. The monoisotopic (exact) mass is 407 g/mol. The highest BCUT2D eigenvalue weighted by Gasteiger charge is 2.21. The molecule has 0 amide bonds. The van der Waals surface area contributed by atoms with Gasteiger partial charge >= 0.3 is 0 Å². The lowest BCUT2D eigenvalue weighted by Gasteiger charge is -2.09. The molecule has 24 heavy (non-hydrogen) atoms. The molecule has 0 heterocycles. The van der Waals surface area contributed by atoms with Gasteiger partial charge in [-0.05, 0) is 58.8 Å². The Balaban J connectivity index is 2.55. The number of ether oxygens (including phenoxy) is 1. The van der Waals surface area contributed by atoms with Gasteiger partial charge in [0.2, 0.25) is 9.84 Å². The Kier molecular flexibility index (Phi) is 5.65. The van der Waals surface area contributed by atoms with E-state index in [-0.39, 0.29) is 16.4 Å². The highest BCUT2D eigenvalue weighted by atomic mass is 79.9. The van der Waals surface area contributed by atoms with Crippen molar-refractivity contribution in [1.82, 2.24) is 0 Å². The van der Waals surface area contributed by atoms with Crippen LogP contribution in [-0.2, 0) is 9.84 Å². The molecule has 0 saturated heterocycles. The van der Waals surface area contributed by atoms with E-state index in [1.807, 2.05) is 0 Å². The number of phenolic OH excluding ortho intramolecular Hbond substituents is 1. The van der Waals surface area contributed by atoms with Crippen LogP contribution in [0.4, 0.5) is 0 Å². The fourth-order valence-electron chi connectivity index (χ4n) is 1.99. The quantitative estimate of drug-likeness (QED) is 0.759. The summed E-state index contributed by atoms with van der Waals surface area (Å²) < 4.78 is 30.7. The molecule has 0 unspecified atom stereocenters. The molecule has 124 valence electrons. The van der Waals surface area contributed by atoms with Crippen LogP contribution >= 0.6 is 15.9 Å². The Labute approximate surface area is 148 Å². The van der Waals surface area contributed by atoms with Gasteiger partial charge in [-0.15, -0.1) is 0 Å². The average molecular weight is 408 g/mol. The SMILES string of the molecule is CCOc1cc(/C=C(\C#N)S(=O)(=O)c2ccccc2)cc(Br)c1O. The van der Waals surface area contributed by atoms with Gasteiger partial charge < -0.3 is 9.84 Å². The summed E-state index contributed by atoms with van der Waals surface area (Å²) in [5.74, 6) is 0.117. The third kappa shape index (κ3) is 3.78. The molecule has 2 aromatic carbocycles. The maximum atomic E-state index is 12.5. The normalized spacial score (nSPS) is 11.8. The smallest absolute Gasteiger partial charge is 0.216 e. The number of nitriles is 1. The Morgan fingerprint density at radius 2 is 2.00 bits per heavy atom. The van der Waals surface area contributed by atoms with Crippen LogP contribution in [0.15, 0.2) is 56.7 Å². The maximum absolute atomic E-state index is 12.5. The van der Waals surface area contributed by atoms with Crippen LogP contribution in [0.1, 0.15) is 12.5 Å². The minimum absolute atomic E-state index is 0.0423. The van der Waals surface area contributed by atoms with E-state index >= 15 is 0 Å². The minimum atomic E-state index is -3.92. The number of rotatable bonds is 5. The Morgan fingerprint density at radius 1 is 1.33 bits per heavy atom. The molecule has 0 saturated carbocycles. The molecule has 2 aromatic rings. The molecule has 0 atom stereocenters. The molecule has 0 aliphatic heterocycles. The Morgan fingerprint density at radius 3 is 2.58 bits per heavy atom. The predicted molar refractivity (Wildman–Crippen MR) is 94.2 cm³/mol. The second kappa shape index (κ2) is 7.51. The van der Waals surface area contributed by atoms with Crippen molar-refractivity contribution in [3.8, 4) is 17.6 Å². The molecule has 1 N–H and O–H groups in total. The standard InChI is InChI=1S/C17H14BrNO4S/c1-2-23-16-10-12(9-15(18)17(16)20)8-14(11-19)24(21,22)13-6-4-3-5-7-13/h3-10,20H,2H2,1H3/b14-8+. The zero-order chi connectivity index (χ0) is 17.7. The molecule has 0 bridgehead atoms. The number of nitrogens with zero attached hydrogens (tertiary/aromatic N) is 1. The summed E-state index contributed by atoms with van der Waals surface area (Å²) in [6.45, 7) is 2.09. The number of hydrogen-bond acceptors (Lipinski definition) is 5. The summed E-state index contributed by atoms with van der Waals surface area (Å²) in [6.07, 6.45) is 1.25. The van der Waals surface area contributed by atoms with E-state index in [9.17, 15) is 18.8 Å². The second-order valence-electron chi connectivity index (χ2n) is 4.72. The number of benzene rings is 2. The zero-order valence-corrected chi connectivity index (χ0v) is 15.1. The number of phenols is 1. The van der Waals surface area contributed by atoms with Gasteiger partial charge in [-0.2, -0.15) is 5.26 Å². The largest absolute Gasteiger partial charge is 0.503 e. The first-order valence-corrected chi connectivity index (χ1v) is 9.25. The maximum Gasteiger partial charge on any atom is 0.216 e. The number of sulfone groups is 1. The molecule has 2 rings (SSSR count). The summed E-state index contributed by atoms with van der Waals surface area (Å²) >= 11 is 3.18. The summed E-state index contributed by atoms with van der Waals surface area (Å²) in [5.41, 5.74) is 0.416. The molecular formula is C17H14BrNO4S. The van der Waals surface area contributed by atoms with E-state index in [0.717, 1.165) is 0 Å². The van der Waals surface area contributed by atoms with Crippen LogP contribution in [0, 0.1) is 11.3 Å². The van der Waals surface area contributed by atoms with Crippen LogP contribution in [-0.4, -0.2) is 20.1 Å². The van der Waals surface area contributed by atoms with Crippen LogP contribution in [0.2, 0.25) is 0 Å². The van der Waals surface area contributed by atoms with Gasteiger partial charge in [0.15, 0.2) is 11.5 Å². The topological polar surface area (TPSA) is 87.4 Å². The van der Waals surface area contributed by atoms with Crippen LogP contribution in [0.5, 0.6) is 11.5 Å². The van der Waals surface area contributed by atoms with E-state index in [0.29, 0.717) is 16.6 Å². The Hall–Kier alpha value is -2.30. The fraction of sp³-hybridized carbons (Fsp3) is 0.118. The first-order valence-electron chi connectivity index (χ1n) is 6.97. The summed E-state index contributed by atoms with van der Waals surface area (Å²) in [4.78, 5) is -0.352. The average Bonchev–Trinajstić information content (AvgIpc) is 2.57. The molecule has 0 spiro atoms. The summed E-state index contributed by atoms with van der Waals surface area (Å²) in [7, 11) is -3.92. The van der Waals surface area contributed by atoms with Crippen molar-refractivity contribution in [3.63, 3.8) is 0 Å².